The Bertz CT molecular complexity index is 928. The number of rotatable bonds is 4. The summed E-state index contributed by atoms with van der Waals surface area (Å²) in [7, 11) is 2.16. The highest BCUT2D eigenvalue weighted by Gasteiger charge is 2.23. The van der Waals surface area contributed by atoms with E-state index in [2.05, 4.69) is 39.5 Å². The molecule has 0 aliphatic carbocycles. The van der Waals surface area contributed by atoms with Crippen LogP contribution in [0.4, 0.5) is 10.5 Å². The summed E-state index contributed by atoms with van der Waals surface area (Å²) in [5.74, 6) is 0. The second-order valence-corrected chi connectivity index (χ2v) is 8.12. The van der Waals surface area contributed by atoms with E-state index in [0.29, 0.717) is 6.54 Å². The molecule has 0 saturated carbocycles. The van der Waals surface area contributed by atoms with E-state index in [-0.39, 0.29) is 6.03 Å². The molecule has 0 radical (unpaired) electrons. The number of thiophene rings is 1. The molecule has 3 aromatic rings. The number of aromatic nitrogens is 1. The van der Waals surface area contributed by atoms with Gasteiger partial charge < -0.3 is 20.1 Å². The molecular weight excluding hydrogens is 356 g/mol. The average Bonchev–Trinajstić information content (AvgIpc) is 3.29. The summed E-state index contributed by atoms with van der Waals surface area (Å²) in [6, 6.07) is 11.7. The number of carbonyl (C=O) groups excluding carboxylic acids is 1. The fourth-order valence-electron chi connectivity index (χ4n) is 3.42. The predicted molar refractivity (Wildman–Crippen MR) is 111 cm³/mol. The third-order valence-corrected chi connectivity index (χ3v) is 6.18. The first kappa shape index (κ1) is 17.8. The van der Waals surface area contributed by atoms with Crippen LogP contribution in [0.25, 0.3) is 5.00 Å². The number of benzene rings is 1. The zero-order valence-corrected chi connectivity index (χ0v) is 16.5. The van der Waals surface area contributed by atoms with E-state index in [1.54, 1.807) is 0 Å². The molecule has 0 fully saturated rings. The minimum Gasteiger partial charge on any atom is -0.334 e. The third kappa shape index (κ3) is 3.91. The van der Waals surface area contributed by atoms with Crippen molar-refractivity contribution in [1.82, 2.24) is 14.8 Å². The SMILES string of the molecule is Cc1ccc(NC(=O)NCc2c(-n3cccc3)sc3c2CCN(C)C3)cc1. The lowest BCUT2D eigenvalue weighted by atomic mass is 10.0. The first-order valence-electron chi connectivity index (χ1n) is 9.17. The van der Waals surface area contributed by atoms with Crippen molar-refractivity contribution in [2.24, 2.45) is 0 Å². The number of aryl methyl sites for hydroxylation is 1. The molecule has 1 aromatic carbocycles. The molecule has 2 amide bonds. The highest BCUT2D eigenvalue weighted by Crippen LogP contribution is 2.35. The molecule has 1 aliphatic rings. The summed E-state index contributed by atoms with van der Waals surface area (Å²) in [6.45, 7) is 4.59. The molecule has 0 bridgehead atoms. The minimum absolute atomic E-state index is 0.176. The van der Waals surface area contributed by atoms with Gasteiger partial charge in [0.2, 0.25) is 0 Å². The summed E-state index contributed by atoms with van der Waals surface area (Å²) in [5.41, 5.74) is 4.61. The van der Waals surface area contributed by atoms with Gasteiger partial charge in [-0.1, -0.05) is 17.7 Å². The van der Waals surface area contributed by atoms with E-state index in [0.717, 1.165) is 25.2 Å². The van der Waals surface area contributed by atoms with Gasteiger partial charge in [-0.05, 0) is 50.2 Å². The van der Waals surface area contributed by atoms with Gasteiger partial charge in [-0.25, -0.2) is 4.79 Å². The fourth-order valence-corrected chi connectivity index (χ4v) is 4.84. The number of nitrogens with one attached hydrogen (secondary N) is 2. The summed E-state index contributed by atoms with van der Waals surface area (Å²) >= 11 is 1.83. The van der Waals surface area contributed by atoms with Crippen molar-refractivity contribution in [3.8, 4) is 5.00 Å². The predicted octanol–water partition coefficient (Wildman–Crippen LogP) is 4.16. The van der Waals surface area contributed by atoms with Crippen molar-refractivity contribution >= 4 is 23.1 Å². The quantitative estimate of drug-likeness (QED) is 0.714. The maximum absolute atomic E-state index is 12.4. The molecule has 140 valence electrons. The number of nitrogens with zero attached hydrogens (tertiary/aromatic N) is 2. The highest BCUT2D eigenvalue weighted by atomic mass is 32.1. The smallest absolute Gasteiger partial charge is 0.319 e. The summed E-state index contributed by atoms with van der Waals surface area (Å²) in [4.78, 5) is 16.1. The van der Waals surface area contributed by atoms with Crippen molar-refractivity contribution in [1.29, 1.82) is 0 Å². The Kier molecular flexibility index (Phi) is 5.01. The lowest BCUT2D eigenvalue weighted by Crippen LogP contribution is -2.30. The second kappa shape index (κ2) is 7.58. The number of likely N-dealkylation sites (N-methyl/N-ethyl adjacent to an activating group) is 1. The Morgan fingerprint density at radius 2 is 1.93 bits per heavy atom. The van der Waals surface area contributed by atoms with Crippen molar-refractivity contribution in [2.45, 2.75) is 26.4 Å². The molecule has 2 aromatic heterocycles. The number of fused-ring (bicyclic) bond motifs is 1. The monoisotopic (exact) mass is 380 g/mol. The largest absolute Gasteiger partial charge is 0.334 e. The second-order valence-electron chi connectivity index (χ2n) is 7.04. The van der Waals surface area contributed by atoms with Crippen LogP contribution < -0.4 is 10.6 Å². The van der Waals surface area contributed by atoms with Crippen LogP contribution in [0.15, 0.2) is 48.8 Å². The van der Waals surface area contributed by atoms with E-state index >= 15 is 0 Å². The molecule has 1 aliphatic heterocycles. The van der Waals surface area contributed by atoms with Gasteiger partial charge in [0.1, 0.15) is 5.00 Å². The molecule has 0 unspecified atom stereocenters. The summed E-state index contributed by atoms with van der Waals surface area (Å²) < 4.78 is 2.15. The van der Waals surface area contributed by atoms with Gasteiger partial charge in [-0.15, -0.1) is 11.3 Å². The van der Waals surface area contributed by atoms with Gasteiger partial charge in [-0.3, -0.25) is 0 Å². The Balaban J connectivity index is 1.52. The summed E-state index contributed by atoms with van der Waals surface area (Å²) in [6.07, 6.45) is 5.16. The number of amides is 2. The third-order valence-electron chi connectivity index (χ3n) is 4.91. The van der Waals surface area contributed by atoms with Crippen molar-refractivity contribution < 1.29 is 4.79 Å². The first-order valence-corrected chi connectivity index (χ1v) is 9.98. The first-order chi connectivity index (χ1) is 13.1. The molecule has 0 saturated heterocycles. The number of hydrogen-bond acceptors (Lipinski definition) is 3. The molecule has 6 heteroatoms. The number of anilines is 1. The Hall–Kier alpha value is -2.57. The van der Waals surface area contributed by atoms with Gasteiger partial charge in [0, 0.05) is 48.2 Å². The number of hydrogen-bond donors (Lipinski definition) is 2. The maximum atomic E-state index is 12.4. The highest BCUT2D eigenvalue weighted by molar-refractivity contribution is 7.14. The molecule has 4 rings (SSSR count). The zero-order chi connectivity index (χ0) is 18.8. The Labute approximate surface area is 163 Å². The number of urea groups is 1. The van der Waals surface area contributed by atoms with E-state index < -0.39 is 0 Å². The van der Waals surface area contributed by atoms with Crippen molar-refractivity contribution in [2.75, 3.05) is 18.9 Å². The molecule has 5 nitrogen and oxygen atoms in total. The molecule has 0 atom stereocenters. The number of carbonyl (C=O) groups is 1. The van der Waals surface area contributed by atoms with Crippen molar-refractivity contribution in [3.05, 3.63) is 70.4 Å². The van der Waals surface area contributed by atoms with E-state index in [1.807, 2.05) is 54.7 Å². The van der Waals surface area contributed by atoms with Crippen LogP contribution in [0, 0.1) is 6.92 Å². The molecule has 27 heavy (non-hydrogen) atoms. The zero-order valence-electron chi connectivity index (χ0n) is 15.7. The molecule has 2 N–H and O–H groups in total. The van der Waals surface area contributed by atoms with Gasteiger partial charge in [-0.2, -0.15) is 0 Å². The van der Waals surface area contributed by atoms with Crippen LogP contribution >= 0.6 is 11.3 Å². The standard InChI is InChI=1S/C21H24N4OS/c1-15-5-7-16(8-6-15)23-21(26)22-13-18-17-9-12-24(2)14-19(17)27-20(18)25-10-3-4-11-25/h3-8,10-11H,9,12-14H2,1-2H3,(H2,22,23,26). The topological polar surface area (TPSA) is 49.3 Å². The van der Waals surface area contributed by atoms with Crippen LogP contribution in [-0.2, 0) is 19.5 Å². The van der Waals surface area contributed by atoms with Crippen LogP contribution in [0.2, 0.25) is 0 Å². The van der Waals surface area contributed by atoms with E-state index in [1.165, 1.54) is 26.6 Å². The molecule has 3 heterocycles. The summed E-state index contributed by atoms with van der Waals surface area (Å²) in [5, 5.41) is 7.16. The average molecular weight is 381 g/mol. The minimum atomic E-state index is -0.176. The fraction of sp³-hybridized carbons (Fsp3) is 0.286. The van der Waals surface area contributed by atoms with Gasteiger partial charge in [0.05, 0.1) is 0 Å². The normalized spacial score (nSPS) is 14.0. The van der Waals surface area contributed by atoms with Crippen LogP contribution in [-0.4, -0.2) is 29.1 Å². The van der Waals surface area contributed by atoms with Gasteiger partial charge >= 0.3 is 6.03 Å². The van der Waals surface area contributed by atoms with E-state index in [9.17, 15) is 4.79 Å². The maximum Gasteiger partial charge on any atom is 0.319 e. The Morgan fingerprint density at radius 1 is 1.19 bits per heavy atom. The molecular formula is C21H24N4OS. The van der Waals surface area contributed by atoms with E-state index in [4.69, 9.17) is 0 Å². The van der Waals surface area contributed by atoms with Gasteiger partial charge in [0.15, 0.2) is 0 Å². The molecule has 0 spiro atoms. The van der Waals surface area contributed by atoms with Crippen LogP contribution in [0.3, 0.4) is 0 Å². The van der Waals surface area contributed by atoms with Crippen LogP contribution in [0.1, 0.15) is 21.6 Å². The van der Waals surface area contributed by atoms with Crippen molar-refractivity contribution in [3.63, 3.8) is 0 Å². The van der Waals surface area contributed by atoms with Crippen LogP contribution in [0.5, 0.6) is 0 Å². The lowest BCUT2D eigenvalue weighted by molar-refractivity contribution is 0.251. The Morgan fingerprint density at radius 3 is 2.67 bits per heavy atom. The lowest BCUT2D eigenvalue weighted by Gasteiger charge is -2.22. The van der Waals surface area contributed by atoms with Gasteiger partial charge in [0.25, 0.3) is 0 Å².